The predicted octanol–water partition coefficient (Wildman–Crippen LogP) is 3.69. The molecule has 1 aliphatic heterocycles. The maximum Gasteiger partial charge on any atom is 0.408 e. The topological polar surface area (TPSA) is 157 Å². The third kappa shape index (κ3) is 7.89. The van der Waals surface area contributed by atoms with Crippen molar-refractivity contribution in [2.75, 3.05) is 13.7 Å². The molecule has 1 heterocycles. The number of rotatable bonds is 10. The lowest BCUT2D eigenvalue weighted by atomic mass is 9.85. The quantitative estimate of drug-likeness (QED) is 0.210. The Kier molecular flexibility index (Phi) is 10.4. The second-order valence-corrected chi connectivity index (χ2v) is 15.7. The lowest BCUT2D eigenvalue weighted by molar-refractivity contribution is -0.148. The monoisotopic (exact) mass is 711 g/mol. The molecule has 1 aromatic rings. The molecule has 4 rings (SSSR count). The van der Waals surface area contributed by atoms with Crippen LogP contribution in [0.1, 0.15) is 59.8 Å². The fourth-order valence-electron chi connectivity index (χ4n) is 6.06. The number of benzene rings is 1. The Morgan fingerprint density at radius 2 is 1.78 bits per heavy atom. The number of halogens is 1. The van der Waals surface area contributed by atoms with Crippen LogP contribution in [-0.2, 0) is 38.2 Å². The van der Waals surface area contributed by atoms with Gasteiger partial charge in [-0.05, 0) is 61.3 Å². The van der Waals surface area contributed by atoms with Crippen LogP contribution >= 0.6 is 15.9 Å². The van der Waals surface area contributed by atoms with Gasteiger partial charge in [0, 0.05) is 23.4 Å². The van der Waals surface area contributed by atoms with E-state index in [9.17, 15) is 27.6 Å². The highest BCUT2D eigenvalue weighted by molar-refractivity contribution is 9.10. The van der Waals surface area contributed by atoms with Gasteiger partial charge in [0.15, 0.2) is 0 Å². The molecule has 248 valence electrons. The Labute approximate surface area is 272 Å². The normalized spacial score (nSPS) is 28.6. The molecule has 0 aromatic heterocycles. The van der Waals surface area contributed by atoms with E-state index in [0.717, 1.165) is 19.3 Å². The number of amides is 3. The first-order valence-electron chi connectivity index (χ1n) is 15.0. The van der Waals surface area contributed by atoms with Gasteiger partial charge < -0.3 is 25.0 Å². The highest BCUT2D eigenvalue weighted by Gasteiger charge is 2.62. The first-order chi connectivity index (χ1) is 21.0. The van der Waals surface area contributed by atoms with Crippen LogP contribution in [-0.4, -0.2) is 80.7 Å². The van der Waals surface area contributed by atoms with Gasteiger partial charge in [0.1, 0.15) is 23.7 Å². The van der Waals surface area contributed by atoms with Crippen LogP contribution in [0.5, 0.6) is 0 Å². The number of likely N-dealkylation sites (tertiary alicyclic amines) is 1. The lowest BCUT2D eigenvalue weighted by Crippen LogP contribution is -2.59. The van der Waals surface area contributed by atoms with Crippen molar-refractivity contribution in [1.29, 1.82) is 0 Å². The average Bonchev–Trinajstić information content (AvgIpc) is 3.26. The molecule has 0 bridgehead atoms. The van der Waals surface area contributed by atoms with Crippen LogP contribution in [0.2, 0.25) is 0 Å². The smallest absolute Gasteiger partial charge is 0.408 e. The van der Waals surface area contributed by atoms with E-state index in [4.69, 9.17) is 13.7 Å². The molecule has 2 unspecified atom stereocenters. The molecule has 1 aromatic carbocycles. The van der Waals surface area contributed by atoms with Gasteiger partial charge in [-0.3, -0.25) is 13.8 Å². The summed E-state index contributed by atoms with van der Waals surface area (Å²) >= 11 is 3.27. The van der Waals surface area contributed by atoms with Crippen molar-refractivity contribution in [3.63, 3.8) is 0 Å². The Bertz CT molecular complexity index is 1430. The minimum absolute atomic E-state index is 0.0915. The van der Waals surface area contributed by atoms with Gasteiger partial charge in [0.05, 0.1) is 18.1 Å². The molecule has 2 aliphatic carbocycles. The summed E-state index contributed by atoms with van der Waals surface area (Å²) in [6, 6.07) is 3.52. The highest BCUT2D eigenvalue weighted by atomic mass is 79.9. The standard InChI is InChI=1S/C31H42BrN3O9S/c1-7-19-16-31(19,28(38)42-6)34-26(36)24-15-22(44-45(40,41)23-12-9-20(32)10-13-23)17-35(24)27(37)25(30(3,4)5)33-29(39)43-21-11-8-18(2)14-21/h7,9-10,12-13,18-19,21-22,24-25H,1,8,11,14-17H2,2-6H3,(H,33,39)(H,34,36)/t18?,19-,21-,22+,24+,25?,31-/m1/s1. The number of hydrogen-bond acceptors (Lipinski definition) is 9. The SMILES string of the molecule is C=C[C@@H]1C[C@]1(NC(=O)[C@@H]1C[C@H](OS(=O)(=O)c2ccc(Br)cc2)CN1C(=O)C(NC(=O)O[C@@H]1CCC(C)C1)C(C)(C)C)C(=O)OC. The molecular formula is C31H42BrN3O9S. The molecule has 3 aliphatic rings. The van der Waals surface area contributed by atoms with Crippen LogP contribution in [0, 0.1) is 17.3 Å². The predicted molar refractivity (Wildman–Crippen MR) is 167 cm³/mol. The Morgan fingerprint density at radius 3 is 2.31 bits per heavy atom. The molecule has 2 saturated carbocycles. The van der Waals surface area contributed by atoms with Crippen LogP contribution in [0.4, 0.5) is 4.79 Å². The van der Waals surface area contributed by atoms with E-state index in [1.807, 2.05) is 0 Å². The number of esters is 1. The van der Waals surface area contributed by atoms with Crippen molar-refractivity contribution < 1.29 is 41.3 Å². The van der Waals surface area contributed by atoms with E-state index in [0.29, 0.717) is 10.4 Å². The van der Waals surface area contributed by atoms with E-state index < -0.39 is 63.1 Å². The first kappa shape index (κ1) is 34.9. The minimum Gasteiger partial charge on any atom is -0.467 e. The summed E-state index contributed by atoms with van der Waals surface area (Å²) in [7, 11) is -3.05. The van der Waals surface area contributed by atoms with Crippen molar-refractivity contribution >= 4 is 49.9 Å². The van der Waals surface area contributed by atoms with Crippen LogP contribution in [0.25, 0.3) is 0 Å². The van der Waals surface area contributed by atoms with E-state index >= 15 is 0 Å². The van der Waals surface area contributed by atoms with E-state index in [2.05, 4.69) is 40.1 Å². The summed E-state index contributed by atoms with van der Waals surface area (Å²) in [5, 5.41) is 5.44. The third-order valence-electron chi connectivity index (χ3n) is 8.70. The van der Waals surface area contributed by atoms with Crippen molar-refractivity contribution in [3.8, 4) is 0 Å². The van der Waals surface area contributed by atoms with Gasteiger partial charge >= 0.3 is 12.1 Å². The molecule has 0 spiro atoms. The van der Waals surface area contributed by atoms with Gasteiger partial charge in [-0.15, -0.1) is 6.58 Å². The van der Waals surface area contributed by atoms with Crippen LogP contribution in [0.15, 0.2) is 46.3 Å². The third-order valence-corrected chi connectivity index (χ3v) is 10.6. The number of methoxy groups -OCH3 is 1. The van der Waals surface area contributed by atoms with Crippen molar-refractivity contribution in [1.82, 2.24) is 15.5 Å². The summed E-state index contributed by atoms with van der Waals surface area (Å²) < 4.78 is 43.0. The van der Waals surface area contributed by atoms with E-state index in [1.54, 1.807) is 39.0 Å². The molecule has 1 saturated heterocycles. The number of ether oxygens (including phenoxy) is 2. The average molecular weight is 713 g/mol. The molecule has 7 atom stereocenters. The Morgan fingerprint density at radius 1 is 1.11 bits per heavy atom. The number of nitrogens with one attached hydrogen (secondary N) is 2. The van der Waals surface area contributed by atoms with Gasteiger partial charge in [0.2, 0.25) is 11.8 Å². The van der Waals surface area contributed by atoms with Crippen molar-refractivity contribution in [3.05, 3.63) is 41.4 Å². The zero-order valence-electron chi connectivity index (χ0n) is 26.2. The Balaban J connectivity index is 1.59. The minimum atomic E-state index is -4.26. The van der Waals surface area contributed by atoms with Crippen molar-refractivity contribution in [2.45, 2.75) is 94.5 Å². The molecule has 14 heteroatoms. The molecule has 3 amide bonds. The maximum atomic E-state index is 14.2. The summed E-state index contributed by atoms with van der Waals surface area (Å²) in [6.45, 7) is 10.8. The number of nitrogens with zero attached hydrogens (tertiary/aromatic N) is 1. The summed E-state index contributed by atoms with van der Waals surface area (Å²) in [6.07, 6.45) is 1.95. The first-order valence-corrected chi connectivity index (χ1v) is 17.2. The fraction of sp³-hybridized carbons (Fsp3) is 0.613. The van der Waals surface area contributed by atoms with Gasteiger partial charge in [-0.2, -0.15) is 8.42 Å². The molecule has 45 heavy (non-hydrogen) atoms. The molecule has 2 N–H and O–H groups in total. The number of alkyl carbamates (subject to hydrolysis) is 1. The van der Waals surface area contributed by atoms with Crippen LogP contribution in [0.3, 0.4) is 0 Å². The van der Waals surface area contributed by atoms with Crippen molar-refractivity contribution in [2.24, 2.45) is 17.3 Å². The number of carbonyl (C=O) groups excluding carboxylic acids is 4. The number of carbonyl (C=O) groups is 4. The summed E-state index contributed by atoms with van der Waals surface area (Å²) in [5.74, 6) is -1.89. The largest absolute Gasteiger partial charge is 0.467 e. The van der Waals surface area contributed by atoms with Gasteiger partial charge in [-0.25, -0.2) is 9.59 Å². The summed E-state index contributed by atoms with van der Waals surface area (Å²) in [4.78, 5) is 54.7. The van der Waals surface area contributed by atoms with E-state index in [1.165, 1.54) is 24.1 Å². The Hall–Kier alpha value is -2.97. The van der Waals surface area contributed by atoms with Crippen LogP contribution < -0.4 is 10.6 Å². The molecular weight excluding hydrogens is 670 g/mol. The second kappa shape index (κ2) is 13.4. The zero-order chi connectivity index (χ0) is 33.3. The molecule has 12 nitrogen and oxygen atoms in total. The van der Waals surface area contributed by atoms with Gasteiger partial charge in [0.25, 0.3) is 10.1 Å². The fourth-order valence-corrected chi connectivity index (χ4v) is 7.40. The summed E-state index contributed by atoms with van der Waals surface area (Å²) in [5.41, 5.74) is -2.16. The van der Waals surface area contributed by atoms with E-state index in [-0.39, 0.29) is 36.3 Å². The second-order valence-electron chi connectivity index (χ2n) is 13.3. The lowest BCUT2D eigenvalue weighted by Gasteiger charge is -2.35. The highest BCUT2D eigenvalue weighted by Crippen LogP contribution is 2.45. The molecule has 0 radical (unpaired) electrons. The van der Waals surface area contributed by atoms with Gasteiger partial charge in [-0.1, -0.05) is 49.7 Å². The maximum absolute atomic E-state index is 14.2. The molecule has 3 fully saturated rings. The number of hydrogen-bond donors (Lipinski definition) is 2. The zero-order valence-corrected chi connectivity index (χ0v) is 28.6.